The Morgan fingerprint density at radius 3 is 2.74 bits per heavy atom. The first-order chi connectivity index (χ1) is 16.1. The molecule has 1 aromatic carbocycles. The maximum atomic E-state index is 12.0. The molecular formula is C25H29N5O3S. The highest BCUT2D eigenvalue weighted by atomic mass is 32.2. The third-order valence-electron chi connectivity index (χ3n) is 6.73. The zero-order chi connectivity index (χ0) is 24.1. The molecule has 0 amide bonds. The summed E-state index contributed by atoms with van der Waals surface area (Å²) in [4.78, 5) is 15.8. The highest BCUT2D eigenvalue weighted by Crippen LogP contribution is 2.39. The number of rotatable bonds is 3. The van der Waals surface area contributed by atoms with Gasteiger partial charge in [-0.3, -0.25) is 4.98 Å². The molecule has 178 valence electrons. The summed E-state index contributed by atoms with van der Waals surface area (Å²) in [6, 6.07) is 7.47. The summed E-state index contributed by atoms with van der Waals surface area (Å²) < 4.78 is 30.0. The van der Waals surface area contributed by atoms with E-state index < -0.39 is 10.0 Å². The van der Waals surface area contributed by atoms with E-state index in [1.54, 1.807) is 25.5 Å². The monoisotopic (exact) mass is 479 g/mol. The van der Waals surface area contributed by atoms with Gasteiger partial charge >= 0.3 is 0 Å². The number of sulfonamides is 1. The number of fused-ring (bicyclic) bond motifs is 2. The number of anilines is 1. The lowest BCUT2D eigenvalue weighted by Crippen LogP contribution is -2.31. The van der Waals surface area contributed by atoms with E-state index in [4.69, 9.17) is 14.9 Å². The van der Waals surface area contributed by atoms with Crippen LogP contribution in [0.5, 0.6) is 5.75 Å². The molecule has 0 unspecified atom stereocenters. The quantitative estimate of drug-likeness (QED) is 0.613. The van der Waals surface area contributed by atoms with Crippen molar-refractivity contribution < 1.29 is 13.2 Å². The average Bonchev–Trinajstić information content (AvgIpc) is 2.99. The van der Waals surface area contributed by atoms with Gasteiger partial charge in [0.15, 0.2) is 0 Å². The van der Waals surface area contributed by atoms with E-state index in [1.807, 2.05) is 18.2 Å². The van der Waals surface area contributed by atoms with Gasteiger partial charge in [-0.05, 0) is 55.4 Å². The maximum Gasteiger partial charge on any atom is 0.239 e. The second-order valence-electron chi connectivity index (χ2n) is 9.91. The average molecular weight is 480 g/mol. The Morgan fingerprint density at radius 1 is 1.12 bits per heavy atom. The van der Waals surface area contributed by atoms with Crippen LogP contribution in [0.3, 0.4) is 0 Å². The van der Waals surface area contributed by atoms with Crippen LogP contribution in [0.25, 0.3) is 11.1 Å². The number of hydrogen-bond acceptors (Lipinski definition) is 7. The molecule has 5 rings (SSSR count). The van der Waals surface area contributed by atoms with Crippen molar-refractivity contribution >= 4 is 15.8 Å². The van der Waals surface area contributed by atoms with Gasteiger partial charge in [-0.15, -0.1) is 0 Å². The second-order valence-corrected chi connectivity index (χ2v) is 11.4. The molecule has 0 saturated carbocycles. The summed E-state index contributed by atoms with van der Waals surface area (Å²) in [5.74, 6) is 1.80. The number of aromatic nitrogens is 3. The fourth-order valence-corrected chi connectivity index (χ4v) is 5.60. The number of nitrogens with zero attached hydrogens (tertiary/aromatic N) is 4. The standard InChI is InChI=1S/C25H29N5O3S/c1-16-23(34(26,31)32)11-18(13-27-16)17-4-5-22-19(10-17)14-30(8-9-33-22)24-20-12-25(2,3)7-6-21(20)28-15-29-24/h4-5,10-11,13,15H,6-9,12,14H2,1-3H3,(H2,26,31,32). The number of ether oxygens (including phenoxy) is 1. The van der Waals surface area contributed by atoms with Crippen LogP contribution in [-0.2, 0) is 29.4 Å². The number of pyridine rings is 1. The van der Waals surface area contributed by atoms with Crippen molar-refractivity contribution in [2.45, 2.75) is 51.5 Å². The lowest BCUT2D eigenvalue weighted by Gasteiger charge is -2.33. The smallest absolute Gasteiger partial charge is 0.239 e. The predicted octanol–water partition coefficient (Wildman–Crippen LogP) is 3.41. The lowest BCUT2D eigenvalue weighted by atomic mass is 9.76. The first-order valence-corrected chi connectivity index (χ1v) is 13.0. The largest absolute Gasteiger partial charge is 0.491 e. The topological polar surface area (TPSA) is 111 Å². The van der Waals surface area contributed by atoms with Crippen LogP contribution in [0, 0.1) is 12.3 Å². The lowest BCUT2D eigenvalue weighted by molar-refractivity contribution is 0.310. The maximum absolute atomic E-state index is 12.0. The molecule has 0 fully saturated rings. The summed E-state index contributed by atoms with van der Waals surface area (Å²) in [6.07, 6.45) is 6.38. The predicted molar refractivity (Wildman–Crippen MR) is 130 cm³/mol. The molecule has 3 aromatic rings. The zero-order valence-corrected chi connectivity index (χ0v) is 20.5. The Morgan fingerprint density at radius 2 is 1.94 bits per heavy atom. The zero-order valence-electron chi connectivity index (χ0n) is 19.7. The van der Waals surface area contributed by atoms with Crippen LogP contribution in [-0.4, -0.2) is 36.5 Å². The van der Waals surface area contributed by atoms with Gasteiger partial charge in [0.25, 0.3) is 0 Å². The number of benzene rings is 1. The van der Waals surface area contributed by atoms with E-state index in [1.165, 1.54) is 5.56 Å². The number of aryl methyl sites for hydroxylation is 2. The van der Waals surface area contributed by atoms with E-state index in [2.05, 4.69) is 28.7 Å². The normalized spacial score (nSPS) is 17.4. The molecule has 9 heteroatoms. The number of nitrogens with two attached hydrogens (primary N) is 1. The summed E-state index contributed by atoms with van der Waals surface area (Å²) in [7, 11) is -3.86. The Kier molecular flexibility index (Phi) is 5.56. The van der Waals surface area contributed by atoms with E-state index >= 15 is 0 Å². The number of hydrogen-bond donors (Lipinski definition) is 1. The fourth-order valence-electron chi connectivity index (χ4n) is 4.84. The molecule has 0 bridgehead atoms. The minimum atomic E-state index is -3.86. The van der Waals surface area contributed by atoms with Crippen molar-refractivity contribution in [2.24, 2.45) is 10.6 Å². The summed E-state index contributed by atoms with van der Waals surface area (Å²) in [6.45, 7) is 8.13. The van der Waals surface area contributed by atoms with E-state index in [-0.39, 0.29) is 10.3 Å². The molecular weight excluding hydrogens is 450 g/mol. The minimum Gasteiger partial charge on any atom is -0.491 e. The summed E-state index contributed by atoms with van der Waals surface area (Å²) in [5, 5.41) is 5.39. The van der Waals surface area contributed by atoms with Crippen LogP contribution in [0.15, 0.2) is 41.7 Å². The van der Waals surface area contributed by atoms with Crippen molar-refractivity contribution in [1.29, 1.82) is 0 Å². The molecule has 2 N–H and O–H groups in total. The second kappa shape index (κ2) is 8.32. The minimum absolute atomic E-state index is 0.0352. The molecule has 1 aliphatic carbocycles. The van der Waals surface area contributed by atoms with E-state index in [9.17, 15) is 8.42 Å². The van der Waals surface area contributed by atoms with Gasteiger partial charge in [-0.2, -0.15) is 0 Å². The first-order valence-electron chi connectivity index (χ1n) is 11.4. The van der Waals surface area contributed by atoms with Crippen molar-refractivity contribution in [1.82, 2.24) is 15.0 Å². The van der Waals surface area contributed by atoms with Gasteiger partial charge in [-0.25, -0.2) is 23.5 Å². The van der Waals surface area contributed by atoms with Crippen LogP contribution >= 0.6 is 0 Å². The van der Waals surface area contributed by atoms with Crippen LogP contribution in [0.4, 0.5) is 5.82 Å². The van der Waals surface area contributed by atoms with Gasteiger partial charge in [-0.1, -0.05) is 19.9 Å². The molecule has 1 aliphatic heterocycles. The molecule has 0 radical (unpaired) electrons. The molecule has 2 aromatic heterocycles. The van der Waals surface area contributed by atoms with Crippen LogP contribution in [0.1, 0.15) is 42.8 Å². The van der Waals surface area contributed by atoms with Gasteiger partial charge < -0.3 is 9.64 Å². The number of primary sulfonamides is 1. The highest BCUT2D eigenvalue weighted by Gasteiger charge is 2.30. The van der Waals surface area contributed by atoms with Crippen molar-refractivity contribution in [3.8, 4) is 16.9 Å². The molecule has 3 heterocycles. The van der Waals surface area contributed by atoms with Gasteiger partial charge in [0.05, 0.1) is 12.2 Å². The van der Waals surface area contributed by atoms with Crippen molar-refractivity contribution in [3.63, 3.8) is 0 Å². The van der Waals surface area contributed by atoms with E-state index in [0.717, 1.165) is 54.2 Å². The Hall–Kier alpha value is -3.04. The molecule has 0 spiro atoms. The Balaban J connectivity index is 1.52. The molecule has 34 heavy (non-hydrogen) atoms. The fraction of sp³-hybridized carbons (Fsp3) is 0.400. The first kappa shape index (κ1) is 22.7. The summed E-state index contributed by atoms with van der Waals surface area (Å²) >= 11 is 0. The molecule has 0 atom stereocenters. The van der Waals surface area contributed by atoms with Crippen LogP contribution in [0.2, 0.25) is 0 Å². The van der Waals surface area contributed by atoms with Crippen molar-refractivity contribution in [3.05, 3.63) is 59.3 Å². The molecule has 0 saturated heterocycles. The van der Waals surface area contributed by atoms with Gasteiger partial charge in [0, 0.05) is 35.1 Å². The summed E-state index contributed by atoms with van der Waals surface area (Å²) in [5.41, 5.74) is 5.53. The highest BCUT2D eigenvalue weighted by molar-refractivity contribution is 7.89. The Bertz CT molecular complexity index is 1370. The van der Waals surface area contributed by atoms with Gasteiger partial charge in [0.2, 0.25) is 10.0 Å². The van der Waals surface area contributed by atoms with Gasteiger partial charge in [0.1, 0.15) is 29.4 Å². The van der Waals surface area contributed by atoms with Crippen molar-refractivity contribution in [2.75, 3.05) is 18.1 Å². The third kappa shape index (κ3) is 4.37. The molecule has 8 nitrogen and oxygen atoms in total. The molecule has 2 aliphatic rings. The van der Waals surface area contributed by atoms with Crippen LogP contribution < -0.4 is 14.8 Å². The third-order valence-corrected chi connectivity index (χ3v) is 7.75. The Labute approximate surface area is 200 Å². The SMILES string of the molecule is Cc1ncc(-c2ccc3c(c2)CN(c2ncnc4c2CC(C)(C)CC4)CCO3)cc1S(N)(=O)=O. The van der Waals surface area contributed by atoms with E-state index in [0.29, 0.717) is 24.4 Å².